The lowest BCUT2D eigenvalue weighted by molar-refractivity contribution is -0.146. The lowest BCUT2D eigenvalue weighted by Gasteiger charge is -2.29. The summed E-state index contributed by atoms with van der Waals surface area (Å²) in [6, 6.07) is 31.9. The van der Waals surface area contributed by atoms with Crippen molar-refractivity contribution in [2.24, 2.45) is 11.8 Å². The van der Waals surface area contributed by atoms with Crippen LogP contribution in [0.1, 0.15) is 114 Å². The molecule has 2 saturated heterocycles. The van der Waals surface area contributed by atoms with E-state index in [2.05, 4.69) is 26.6 Å². The Balaban J connectivity index is 0.000000362. The SMILES string of the molecule is CC(C)(C)OC(=O)N[C@H](CCc1ccccc1)OC=O.COC(=O)[C@@H]1C[C@@H](C(=O)NCc2ccc(C(C)=N)cc2)N(C(=O)[C@@H](CCc2ccccc2)NC(=O)OC(C)(C)C)C1.COC(=O)[C@H]1CN[C@H](C(=O)NCc2ccc(C(C)=N)cc2)C1.Cl. The van der Waals surface area contributed by atoms with Crippen LogP contribution in [0.15, 0.2) is 109 Å². The quantitative estimate of drug-likeness (QED) is 0.0140. The van der Waals surface area contributed by atoms with Crippen molar-refractivity contribution in [3.05, 3.63) is 143 Å². The molecule has 6 atom stereocenters. The zero-order chi connectivity index (χ0) is 61.3. The molecule has 6 rings (SSSR count). The number of hydrogen-bond donors (Lipinski definition) is 7. The summed E-state index contributed by atoms with van der Waals surface area (Å²) in [7, 11) is 2.63. The van der Waals surface area contributed by atoms with Crippen LogP contribution in [0, 0.1) is 22.7 Å². The summed E-state index contributed by atoms with van der Waals surface area (Å²) in [5.41, 5.74) is 5.16. The number of ether oxygens (including phenoxy) is 5. The van der Waals surface area contributed by atoms with Crippen LogP contribution in [-0.2, 0) is 78.4 Å². The van der Waals surface area contributed by atoms with Gasteiger partial charge in [-0.05, 0) is 121 Å². The number of likely N-dealkylation sites (tertiary alicyclic amines) is 1. The highest BCUT2D eigenvalue weighted by atomic mass is 35.5. The third-order valence-corrected chi connectivity index (χ3v) is 13.1. The minimum Gasteiger partial charge on any atom is -0.469 e. The van der Waals surface area contributed by atoms with Crippen molar-refractivity contribution in [2.45, 2.75) is 143 Å². The first-order valence-corrected chi connectivity index (χ1v) is 27.5. The Morgan fingerprint density at radius 3 is 1.52 bits per heavy atom. The second-order valence-electron chi connectivity index (χ2n) is 22.1. The number of aryl methyl sites for hydroxylation is 2. The number of alkyl carbamates (subject to hydrolysis) is 2. The third kappa shape index (κ3) is 24.7. The van der Waals surface area contributed by atoms with Crippen LogP contribution in [-0.4, -0.2) is 128 Å². The van der Waals surface area contributed by atoms with Crippen LogP contribution < -0.4 is 26.6 Å². The fourth-order valence-electron chi connectivity index (χ4n) is 8.80. The lowest BCUT2D eigenvalue weighted by Crippen LogP contribution is -2.54. The van der Waals surface area contributed by atoms with Gasteiger partial charge >= 0.3 is 24.1 Å². The minimum atomic E-state index is -0.978. The highest BCUT2D eigenvalue weighted by molar-refractivity contribution is 5.97. The van der Waals surface area contributed by atoms with Gasteiger partial charge in [0.05, 0.1) is 32.1 Å². The topological polar surface area (TPSA) is 294 Å². The number of nitrogens with zero attached hydrogens (tertiary/aromatic N) is 1. The van der Waals surface area contributed by atoms with Crippen LogP contribution in [0.4, 0.5) is 9.59 Å². The van der Waals surface area contributed by atoms with Crippen molar-refractivity contribution in [3.63, 3.8) is 0 Å². The Labute approximate surface area is 498 Å². The maximum Gasteiger partial charge on any atom is 0.410 e. The fraction of sp³-hybridized carbons (Fsp3) is 0.452. The molecule has 4 aromatic rings. The van der Waals surface area contributed by atoms with E-state index in [0.29, 0.717) is 56.7 Å². The molecule has 0 aromatic heterocycles. The van der Waals surface area contributed by atoms with Gasteiger partial charge in [-0.3, -0.25) is 34.1 Å². The molecule has 2 aliphatic rings. The van der Waals surface area contributed by atoms with Gasteiger partial charge < -0.3 is 60.7 Å². The van der Waals surface area contributed by atoms with Crippen LogP contribution in [0.5, 0.6) is 0 Å². The van der Waals surface area contributed by atoms with E-state index in [1.165, 1.54) is 19.1 Å². The average Bonchev–Trinajstić information content (AvgIpc) is 3.79. The molecule has 22 heteroatoms. The average molecular weight is 1180 g/mol. The molecule has 4 aromatic carbocycles. The predicted molar refractivity (Wildman–Crippen MR) is 319 cm³/mol. The molecule has 456 valence electrons. The molecule has 7 N–H and O–H groups in total. The molecule has 0 spiro atoms. The second-order valence-corrected chi connectivity index (χ2v) is 22.1. The van der Waals surface area contributed by atoms with E-state index in [9.17, 15) is 38.4 Å². The van der Waals surface area contributed by atoms with Gasteiger partial charge in [-0.15, -0.1) is 12.4 Å². The fourth-order valence-corrected chi connectivity index (χ4v) is 8.80. The number of benzene rings is 4. The van der Waals surface area contributed by atoms with E-state index in [-0.39, 0.29) is 62.2 Å². The molecule has 2 heterocycles. The molecule has 0 aliphatic carbocycles. The summed E-state index contributed by atoms with van der Waals surface area (Å²) in [5, 5.41) is 29.3. The van der Waals surface area contributed by atoms with E-state index in [1.54, 1.807) is 55.4 Å². The number of carbonyl (C=O) groups is 8. The molecule has 2 aliphatic heterocycles. The largest absolute Gasteiger partial charge is 0.469 e. The van der Waals surface area contributed by atoms with Gasteiger partial charge in [-0.2, -0.15) is 0 Å². The minimum absolute atomic E-state index is 0. The van der Waals surface area contributed by atoms with Crippen molar-refractivity contribution in [3.8, 4) is 0 Å². The zero-order valence-corrected chi connectivity index (χ0v) is 50.5. The molecule has 84 heavy (non-hydrogen) atoms. The van der Waals surface area contributed by atoms with Crippen molar-refractivity contribution >= 4 is 72.1 Å². The van der Waals surface area contributed by atoms with Crippen molar-refractivity contribution in [1.82, 2.24) is 31.5 Å². The highest BCUT2D eigenvalue weighted by Gasteiger charge is 2.45. The zero-order valence-electron chi connectivity index (χ0n) is 49.7. The van der Waals surface area contributed by atoms with Crippen LogP contribution in [0.2, 0.25) is 0 Å². The maximum atomic E-state index is 13.9. The molecule has 0 bridgehead atoms. The first-order chi connectivity index (χ1) is 39.3. The van der Waals surface area contributed by atoms with Gasteiger partial charge in [0.15, 0.2) is 6.23 Å². The first kappa shape index (κ1) is 70.1. The lowest BCUT2D eigenvalue weighted by atomic mass is 10.0. The molecule has 2 fully saturated rings. The molecular weight excluding hydrogens is 1100 g/mol. The Hall–Kier alpha value is -8.17. The molecular formula is C62H83ClN8O13. The van der Waals surface area contributed by atoms with E-state index in [0.717, 1.165) is 33.4 Å². The molecule has 0 saturated carbocycles. The standard InChI is InChI=1S/C31H40N4O6.C16H21N3O3.C15H21NO4.ClH/c1-20(32)23-14-11-22(12-15-23)18-33-27(36)26-17-24(29(38)40-5)19-35(26)28(37)25(34-30(39)41-31(2,3)4)16-13-21-9-7-6-8-10-21;1-10(17)12-5-3-11(4-6-12)8-19-15(20)14-7-13(9-18-14)16(21)22-2;1-15(2,3)20-14(18)16-13(19-11-17)10-9-12-7-5-4-6-8-12;/h6-12,14-15,24-26,32H,13,16-19H2,1-5H3,(H,33,36)(H,34,39);3-6,13-14,17-18H,7-9H2,1-2H3,(H,19,20);4-8,11,13H,9-10H2,1-3H3,(H,16,18);1H/t24-,25-,26+;13-,14+;13-;/m110./s1. The first-order valence-electron chi connectivity index (χ1n) is 27.5. The summed E-state index contributed by atoms with van der Waals surface area (Å²) in [4.78, 5) is 99.4. The van der Waals surface area contributed by atoms with E-state index < -0.39 is 65.4 Å². The number of halogens is 1. The second kappa shape index (κ2) is 34.4. The predicted octanol–water partition coefficient (Wildman–Crippen LogP) is 7.51. The number of esters is 2. The molecule has 5 amide bonds. The molecule has 0 radical (unpaired) electrons. The van der Waals surface area contributed by atoms with Crippen molar-refractivity contribution in [2.75, 3.05) is 27.3 Å². The van der Waals surface area contributed by atoms with Gasteiger partial charge in [-0.25, -0.2) is 9.59 Å². The molecule has 0 unspecified atom stereocenters. The number of rotatable bonds is 21. The van der Waals surface area contributed by atoms with E-state index >= 15 is 0 Å². The van der Waals surface area contributed by atoms with Crippen molar-refractivity contribution < 1.29 is 62.0 Å². The Morgan fingerprint density at radius 2 is 1.07 bits per heavy atom. The van der Waals surface area contributed by atoms with Gasteiger partial charge in [0.25, 0.3) is 6.47 Å². The summed E-state index contributed by atoms with van der Waals surface area (Å²) < 4.78 is 25.0. The normalized spacial score (nSPS) is 16.8. The van der Waals surface area contributed by atoms with E-state index in [1.807, 2.05) is 109 Å². The Bertz CT molecular complexity index is 2810. The molecule has 21 nitrogen and oxygen atoms in total. The van der Waals surface area contributed by atoms with Crippen molar-refractivity contribution in [1.29, 1.82) is 10.8 Å². The number of methoxy groups -OCH3 is 2. The number of carbonyl (C=O) groups excluding carboxylic acids is 8. The summed E-state index contributed by atoms with van der Waals surface area (Å²) in [6.07, 6.45) is 0.491. The summed E-state index contributed by atoms with van der Waals surface area (Å²) >= 11 is 0. The monoisotopic (exact) mass is 1180 g/mol. The smallest absolute Gasteiger partial charge is 0.410 e. The third-order valence-electron chi connectivity index (χ3n) is 13.1. The van der Waals surface area contributed by atoms with Crippen LogP contribution >= 0.6 is 12.4 Å². The van der Waals surface area contributed by atoms with Gasteiger partial charge in [0.2, 0.25) is 17.7 Å². The van der Waals surface area contributed by atoms with Crippen LogP contribution in [0.25, 0.3) is 0 Å². The maximum absolute atomic E-state index is 13.9. The van der Waals surface area contributed by atoms with Gasteiger partial charge in [0.1, 0.15) is 23.3 Å². The van der Waals surface area contributed by atoms with Gasteiger partial charge in [0, 0.05) is 44.0 Å². The number of nitrogens with one attached hydrogen (secondary N) is 7. The summed E-state index contributed by atoms with van der Waals surface area (Å²) in [6.45, 7) is 15.4. The highest BCUT2D eigenvalue weighted by Crippen LogP contribution is 2.27. The van der Waals surface area contributed by atoms with Crippen LogP contribution in [0.3, 0.4) is 0 Å². The Morgan fingerprint density at radius 1 is 0.619 bits per heavy atom. The summed E-state index contributed by atoms with van der Waals surface area (Å²) in [5.74, 6) is -2.70. The Kier molecular flexibility index (Phi) is 28.7. The number of amides is 5. The van der Waals surface area contributed by atoms with Gasteiger partial charge in [-0.1, -0.05) is 109 Å². The van der Waals surface area contributed by atoms with E-state index in [4.69, 9.17) is 34.5 Å². The number of hydrogen-bond acceptors (Lipinski definition) is 16.